The van der Waals surface area contributed by atoms with Gasteiger partial charge in [0.05, 0.1) is 0 Å². The molecular weight excluding hydrogens is 134 g/mol. The van der Waals surface area contributed by atoms with Crippen LogP contribution in [0, 0.1) is 11.8 Å². The molecule has 0 aromatic rings. The molecular formula is C10H23N. The zero-order chi connectivity index (χ0) is 8.69. The van der Waals surface area contributed by atoms with Gasteiger partial charge in [-0.1, -0.05) is 33.6 Å². The van der Waals surface area contributed by atoms with Gasteiger partial charge in [0, 0.05) is 0 Å². The highest BCUT2D eigenvalue weighted by Gasteiger charge is 2.11. The van der Waals surface area contributed by atoms with E-state index in [-0.39, 0.29) is 0 Å². The van der Waals surface area contributed by atoms with Gasteiger partial charge in [-0.05, 0) is 31.2 Å². The molecule has 0 amide bonds. The summed E-state index contributed by atoms with van der Waals surface area (Å²) in [4.78, 5) is 0. The van der Waals surface area contributed by atoms with E-state index in [2.05, 4.69) is 20.8 Å². The molecule has 11 heavy (non-hydrogen) atoms. The maximum Gasteiger partial charge on any atom is -0.00489 e. The van der Waals surface area contributed by atoms with E-state index in [0.29, 0.717) is 0 Å². The van der Waals surface area contributed by atoms with Crippen LogP contribution < -0.4 is 5.73 Å². The quantitative estimate of drug-likeness (QED) is 0.622. The molecule has 0 atom stereocenters. The highest BCUT2D eigenvalue weighted by Crippen LogP contribution is 2.22. The zero-order valence-corrected chi connectivity index (χ0v) is 8.27. The second-order valence-electron chi connectivity index (χ2n) is 4.12. The molecule has 0 aromatic carbocycles. The average Bonchev–Trinajstić information content (AvgIpc) is 2.36. The summed E-state index contributed by atoms with van der Waals surface area (Å²) in [7, 11) is 0. The van der Waals surface area contributed by atoms with Crippen LogP contribution in [0.2, 0.25) is 0 Å². The maximum atomic E-state index is 5.43. The smallest absolute Gasteiger partial charge is 0.00489 e. The zero-order valence-electron chi connectivity index (χ0n) is 8.27. The lowest BCUT2D eigenvalue weighted by atomic mass is 10.1. The topological polar surface area (TPSA) is 26.0 Å². The molecule has 0 aromatic heterocycles. The van der Waals surface area contributed by atoms with Crippen molar-refractivity contribution in [1.82, 2.24) is 0 Å². The van der Waals surface area contributed by atoms with E-state index in [4.69, 9.17) is 5.73 Å². The van der Waals surface area contributed by atoms with Crippen LogP contribution in [0.25, 0.3) is 0 Å². The van der Waals surface area contributed by atoms with E-state index in [1.807, 2.05) is 0 Å². The average molecular weight is 157 g/mol. The Morgan fingerprint density at radius 2 is 1.55 bits per heavy atom. The Morgan fingerprint density at radius 3 is 1.73 bits per heavy atom. The third-order valence-electron chi connectivity index (χ3n) is 1.81. The summed E-state index contributed by atoms with van der Waals surface area (Å²) in [5.74, 6) is 1.71. The molecule has 0 spiro atoms. The van der Waals surface area contributed by atoms with Crippen LogP contribution in [-0.4, -0.2) is 6.54 Å². The van der Waals surface area contributed by atoms with Gasteiger partial charge in [-0.2, -0.15) is 0 Å². The Hall–Kier alpha value is -0.0400. The molecule has 0 unspecified atom stereocenters. The summed E-state index contributed by atoms with van der Waals surface area (Å²) in [5.41, 5.74) is 5.43. The number of hydrogen-bond acceptors (Lipinski definition) is 1. The van der Waals surface area contributed by atoms with Crippen LogP contribution in [-0.2, 0) is 0 Å². The molecule has 1 heteroatoms. The molecule has 0 radical (unpaired) electrons. The molecule has 1 saturated carbocycles. The van der Waals surface area contributed by atoms with Crippen molar-refractivity contribution in [3.05, 3.63) is 0 Å². The summed E-state index contributed by atoms with van der Waals surface area (Å²) < 4.78 is 0. The fraction of sp³-hybridized carbons (Fsp3) is 1.00. The Balaban J connectivity index is 0.000000218. The molecule has 68 valence electrons. The van der Waals surface area contributed by atoms with Crippen LogP contribution in [0.3, 0.4) is 0 Å². The molecule has 0 bridgehead atoms. The largest absolute Gasteiger partial charge is 0.330 e. The van der Waals surface area contributed by atoms with Crippen LogP contribution >= 0.6 is 0 Å². The monoisotopic (exact) mass is 157 g/mol. The van der Waals surface area contributed by atoms with Crippen molar-refractivity contribution in [2.75, 3.05) is 6.54 Å². The standard InChI is InChI=1S/C6H13N.C4H10/c7-5-6-3-1-2-4-6;1-4(2)3/h6H,1-5,7H2;4H,1-3H3. The van der Waals surface area contributed by atoms with Gasteiger partial charge in [-0.3, -0.25) is 0 Å². The fourth-order valence-corrected chi connectivity index (χ4v) is 1.25. The first-order valence-electron chi connectivity index (χ1n) is 4.87. The van der Waals surface area contributed by atoms with Crippen LogP contribution in [0.5, 0.6) is 0 Å². The molecule has 0 saturated heterocycles. The first-order chi connectivity index (χ1) is 5.16. The van der Waals surface area contributed by atoms with Gasteiger partial charge in [0.25, 0.3) is 0 Å². The van der Waals surface area contributed by atoms with Gasteiger partial charge in [-0.25, -0.2) is 0 Å². The normalized spacial score (nSPS) is 18.3. The van der Waals surface area contributed by atoms with E-state index < -0.39 is 0 Å². The Labute approximate surface area is 71.4 Å². The molecule has 0 aliphatic heterocycles. The van der Waals surface area contributed by atoms with Gasteiger partial charge in [-0.15, -0.1) is 0 Å². The first-order valence-corrected chi connectivity index (χ1v) is 4.87. The fourth-order valence-electron chi connectivity index (χ4n) is 1.25. The van der Waals surface area contributed by atoms with Crippen molar-refractivity contribution in [2.24, 2.45) is 17.6 Å². The van der Waals surface area contributed by atoms with Crippen molar-refractivity contribution in [2.45, 2.75) is 46.5 Å². The second kappa shape index (κ2) is 6.66. The number of hydrogen-bond donors (Lipinski definition) is 1. The molecule has 1 nitrogen and oxygen atoms in total. The van der Waals surface area contributed by atoms with Gasteiger partial charge >= 0.3 is 0 Å². The summed E-state index contributed by atoms with van der Waals surface area (Å²) in [6.07, 6.45) is 5.61. The minimum absolute atomic E-state index is 0.833. The van der Waals surface area contributed by atoms with Crippen molar-refractivity contribution < 1.29 is 0 Å². The molecule has 1 aliphatic rings. The van der Waals surface area contributed by atoms with E-state index in [1.165, 1.54) is 25.7 Å². The summed E-state index contributed by atoms with van der Waals surface area (Å²) in [6, 6.07) is 0. The third-order valence-corrected chi connectivity index (χ3v) is 1.81. The second-order valence-corrected chi connectivity index (χ2v) is 4.12. The molecule has 1 aliphatic carbocycles. The molecule has 1 rings (SSSR count). The predicted octanol–water partition coefficient (Wildman–Crippen LogP) is 2.80. The Morgan fingerprint density at radius 1 is 1.18 bits per heavy atom. The number of nitrogens with two attached hydrogens (primary N) is 1. The maximum absolute atomic E-state index is 5.43. The number of rotatable bonds is 1. The lowest BCUT2D eigenvalue weighted by molar-refractivity contribution is 0.562. The van der Waals surface area contributed by atoms with Crippen LogP contribution in [0.1, 0.15) is 46.5 Å². The van der Waals surface area contributed by atoms with Crippen LogP contribution in [0.4, 0.5) is 0 Å². The Kier molecular flexibility index (Phi) is 6.63. The Bertz CT molecular complexity index is 70.2. The summed E-state index contributed by atoms with van der Waals surface area (Å²) >= 11 is 0. The highest BCUT2D eigenvalue weighted by atomic mass is 14.5. The summed E-state index contributed by atoms with van der Waals surface area (Å²) in [5, 5.41) is 0. The SMILES string of the molecule is CC(C)C.NCC1CCCC1. The van der Waals surface area contributed by atoms with Crippen molar-refractivity contribution in [3.8, 4) is 0 Å². The van der Waals surface area contributed by atoms with Crippen molar-refractivity contribution in [1.29, 1.82) is 0 Å². The minimum atomic E-state index is 0.833. The van der Waals surface area contributed by atoms with E-state index >= 15 is 0 Å². The van der Waals surface area contributed by atoms with Crippen LogP contribution in [0.15, 0.2) is 0 Å². The van der Waals surface area contributed by atoms with Crippen molar-refractivity contribution >= 4 is 0 Å². The van der Waals surface area contributed by atoms with E-state index in [9.17, 15) is 0 Å². The van der Waals surface area contributed by atoms with Gasteiger partial charge in [0.2, 0.25) is 0 Å². The van der Waals surface area contributed by atoms with Crippen molar-refractivity contribution in [3.63, 3.8) is 0 Å². The first kappa shape index (κ1) is 11.0. The van der Waals surface area contributed by atoms with Gasteiger partial charge < -0.3 is 5.73 Å². The third kappa shape index (κ3) is 7.86. The van der Waals surface area contributed by atoms with Gasteiger partial charge in [0.1, 0.15) is 0 Å². The molecule has 2 N–H and O–H groups in total. The highest BCUT2D eigenvalue weighted by molar-refractivity contribution is 4.66. The summed E-state index contributed by atoms with van der Waals surface area (Å²) in [6.45, 7) is 7.42. The lowest BCUT2D eigenvalue weighted by Gasteiger charge is -1.99. The molecule has 1 fully saturated rings. The lowest BCUT2D eigenvalue weighted by Crippen LogP contribution is -2.09. The van der Waals surface area contributed by atoms with E-state index in [1.54, 1.807) is 0 Å². The van der Waals surface area contributed by atoms with E-state index in [0.717, 1.165) is 18.4 Å². The minimum Gasteiger partial charge on any atom is -0.330 e. The van der Waals surface area contributed by atoms with Gasteiger partial charge in [0.15, 0.2) is 0 Å². The molecule has 0 heterocycles. The predicted molar refractivity (Wildman–Crippen MR) is 51.5 cm³/mol.